The quantitative estimate of drug-likeness (QED) is 0.616. The molecule has 0 aliphatic carbocycles. The smallest absolute Gasteiger partial charge is 0.427 e. The van der Waals surface area contributed by atoms with Crippen molar-refractivity contribution in [2.45, 2.75) is 26.0 Å². The van der Waals surface area contributed by atoms with Crippen LogP contribution in [0.25, 0.3) is 0 Å². The monoisotopic (exact) mass is 263 g/mol. The van der Waals surface area contributed by atoms with Crippen LogP contribution in [0.5, 0.6) is 0 Å². The molecule has 0 saturated carbocycles. The first-order chi connectivity index (χ1) is 9.13. The molecule has 0 aromatic heterocycles. The molecule has 1 aromatic rings. The van der Waals surface area contributed by atoms with E-state index in [9.17, 15) is 14.4 Å². The average Bonchev–Trinajstić information content (AvgIpc) is 2.71. The van der Waals surface area contributed by atoms with Crippen molar-refractivity contribution in [2.75, 3.05) is 0 Å². The van der Waals surface area contributed by atoms with E-state index in [4.69, 9.17) is 4.74 Å². The highest BCUT2D eigenvalue weighted by Gasteiger charge is 2.45. The fourth-order valence-corrected chi connectivity index (χ4v) is 1.78. The number of benzene rings is 1. The van der Waals surface area contributed by atoms with Gasteiger partial charge in [-0.25, -0.2) is 14.4 Å². The Morgan fingerprint density at radius 3 is 2.63 bits per heavy atom. The average molecular weight is 263 g/mol. The third kappa shape index (κ3) is 2.73. The molecular formula is C13H13NO5. The van der Waals surface area contributed by atoms with Crippen molar-refractivity contribution in [1.29, 1.82) is 0 Å². The first-order valence-corrected chi connectivity index (χ1v) is 5.89. The van der Waals surface area contributed by atoms with Gasteiger partial charge >= 0.3 is 18.2 Å². The van der Waals surface area contributed by atoms with E-state index in [1.807, 2.05) is 18.2 Å². The van der Waals surface area contributed by atoms with Gasteiger partial charge in [-0.1, -0.05) is 37.3 Å². The summed E-state index contributed by atoms with van der Waals surface area (Å²) in [6.07, 6.45) is -1.55. The minimum atomic E-state index is -0.977. The Bertz CT molecular complexity index is 499. The zero-order chi connectivity index (χ0) is 13.8. The molecule has 2 amide bonds. The third-order valence-electron chi connectivity index (χ3n) is 2.76. The van der Waals surface area contributed by atoms with Gasteiger partial charge in [0, 0.05) is 0 Å². The van der Waals surface area contributed by atoms with E-state index in [1.165, 1.54) is 0 Å². The molecular weight excluding hydrogens is 250 g/mol. The molecule has 1 heterocycles. The van der Waals surface area contributed by atoms with Crippen LogP contribution in [-0.4, -0.2) is 29.1 Å². The summed E-state index contributed by atoms with van der Waals surface area (Å²) in [5, 5.41) is 0. The van der Waals surface area contributed by atoms with Gasteiger partial charge in [0.15, 0.2) is 0 Å². The Kier molecular flexibility index (Phi) is 3.79. The summed E-state index contributed by atoms with van der Waals surface area (Å²) in [5.41, 5.74) is 0.794. The van der Waals surface area contributed by atoms with Crippen molar-refractivity contribution < 1.29 is 23.9 Å². The zero-order valence-corrected chi connectivity index (χ0v) is 10.4. The number of nitrogens with zero attached hydrogens (tertiary/aromatic N) is 1. The first kappa shape index (κ1) is 13.1. The van der Waals surface area contributed by atoms with Crippen molar-refractivity contribution in [2.24, 2.45) is 0 Å². The predicted molar refractivity (Wildman–Crippen MR) is 64.0 cm³/mol. The lowest BCUT2D eigenvalue weighted by Crippen LogP contribution is -2.40. The van der Waals surface area contributed by atoms with Gasteiger partial charge in [0.1, 0.15) is 12.6 Å². The van der Waals surface area contributed by atoms with E-state index in [-0.39, 0.29) is 6.61 Å². The Morgan fingerprint density at radius 1 is 1.32 bits per heavy atom. The molecule has 0 spiro atoms. The van der Waals surface area contributed by atoms with Crippen LogP contribution in [0.15, 0.2) is 30.3 Å². The number of carbonyl (C=O) groups excluding carboxylic acids is 3. The Labute approximate surface area is 109 Å². The highest BCUT2D eigenvalue weighted by molar-refractivity contribution is 6.03. The lowest BCUT2D eigenvalue weighted by Gasteiger charge is -2.16. The minimum absolute atomic E-state index is 0.0358. The molecule has 1 aromatic carbocycles. The van der Waals surface area contributed by atoms with Gasteiger partial charge in [0.05, 0.1) is 0 Å². The number of carbonyl (C=O) groups is 3. The number of hydrogen-bond donors (Lipinski definition) is 0. The molecule has 1 fully saturated rings. The molecule has 0 bridgehead atoms. The topological polar surface area (TPSA) is 72.9 Å². The largest absolute Gasteiger partial charge is 0.444 e. The molecule has 6 heteroatoms. The second kappa shape index (κ2) is 5.51. The van der Waals surface area contributed by atoms with Gasteiger partial charge < -0.3 is 9.47 Å². The maximum atomic E-state index is 11.8. The molecule has 0 radical (unpaired) electrons. The van der Waals surface area contributed by atoms with Crippen molar-refractivity contribution in [1.82, 2.24) is 4.90 Å². The molecule has 19 heavy (non-hydrogen) atoms. The molecule has 6 nitrogen and oxygen atoms in total. The van der Waals surface area contributed by atoms with Crippen LogP contribution in [0.2, 0.25) is 0 Å². The SMILES string of the molecule is CCC1C(=O)OC(=O)N1C(=O)OCc1ccccc1. The van der Waals surface area contributed by atoms with Gasteiger partial charge in [-0.3, -0.25) is 0 Å². The normalized spacial score (nSPS) is 18.4. The van der Waals surface area contributed by atoms with Gasteiger partial charge in [0.2, 0.25) is 0 Å². The summed E-state index contributed by atoms with van der Waals surface area (Å²) in [5.74, 6) is -0.718. The molecule has 1 unspecified atom stereocenters. The number of rotatable bonds is 3. The van der Waals surface area contributed by atoms with E-state index in [0.29, 0.717) is 11.3 Å². The summed E-state index contributed by atoms with van der Waals surface area (Å²) in [6.45, 7) is 1.72. The number of esters is 1. The Hall–Kier alpha value is -2.37. The second-order valence-corrected chi connectivity index (χ2v) is 4.02. The number of ether oxygens (including phenoxy) is 2. The van der Waals surface area contributed by atoms with Gasteiger partial charge in [0.25, 0.3) is 0 Å². The second-order valence-electron chi connectivity index (χ2n) is 4.02. The molecule has 1 atom stereocenters. The van der Waals surface area contributed by atoms with Crippen LogP contribution in [0, 0.1) is 0 Å². The molecule has 2 rings (SSSR count). The molecule has 1 saturated heterocycles. The van der Waals surface area contributed by atoms with E-state index < -0.39 is 24.2 Å². The maximum absolute atomic E-state index is 11.8. The lowest BCUT2D eigenvalue weighted by molar-refractivity contribution is -0.135. The van der Waals surface area contributed by atoms with Crippen LogP contribution in [0.1, 0.15) is 18.9 Å². The summed E-state index contributed by atoms with van der Waals surface area (Å²) >= 11 is 0. The van der Waals surface area contributed by atoms with Gasteiger partial charge in [-0.15, -0.1) is 0 Å². The fraction of sp³-hybridized carbons (Fsp3) is 0.308. The summed E-state index contributed by atoms with van der Waals surface area (Å²) < 4.78 is 9.39. The van der Waals surface area contributed by atoms with Crippen LogP contribution in [0.4, 0.5) is 9.59 Å². The van der Waals surface area contributed by atoms with Crippen LogP contribution in [0.3, 0.4) is 0 Å². The zero-order valence-electron chi connectivity index (χ0n) is 10.4. The highest BCUT2D eigenvalue weighted by Crippen LogP contribution is 2.18. The molecule has 100 valence electrons. The van der Waals surface area contributed by atoms with Gasteiger partial charge in [-0.05, 0) is 12.0 Å². The summed E-state index contributed by atoms with van der Waals surface area (Å²) in [4.78, 5) is 35.2. The number of cyclic esters (lactones) is 2. The highest BCUT2D eigenvalue weighted by atomic mass is 16.6. The van der Waals surface area contributed by atoms with E-state index in [0.717, 1.165) is 5.56 Å². The molecule has 1 aliphatic heterocycles. The summed E-state index contributed by atoms with van der Waals surface area (Å²) in [6, 6.07) is 8.15. The minimum Gasteiger partial charge on any atom is -0.444 e. The summed E-state index contributed by atoms with van der Waals surface area (Å²) in [7, 11) is 0. The maximum Gasteiger partial charge on any atom is 0.427 e. The van der Waals surface area contributed by atoms with Crippen LogP contribution in [-0.2, 0) is 20.9 Å². The number of amides is 2. The van der Waals surface area contributed by atoms with E-state index in [1.54, 1.807) is 19.1 Å². The molecule has 1 aliphatic rings. The van der Waals surface area contributed by atoms with E-state index in [2.05, 4.69) is 4.74 Å². The van der Waals surface area contributed by atoms with Crippen molar-refractivity contribution in [3.8, 4) is 0 Å². The molecule has 0 N–H and O–H groups in total. The fourth-order valence-electron chi connectivity index (χ4n) is 1.78. The standard InChI is InChI=1S/C13H13NO5/c1-2-10-11(15)19-13(17)14(10)12(16)18-8-9-6-4-3-5-7-9/h3-7,10H,2,8H2,1H3. The van der Waals surface area contributed by atoms with Crippen molar-refractivity contribution >= 4 is 18.2 Å². The lowest BCUT2D eigenvalue weighted by atomic mass is 10.2. The van der Waals surface area contributed by atoms with Gasteiger partial charge in [-0.2, -0.15) is 4.90 Å². The predicted octanol–water partition coefficient (Wildman–Crippen LogP) is 2.08. The van der Waals surface area contributed by atoms with E-state index >= 15 is 0 Å². The van der Waals surface area contributed by atoms with Crippen LogP contribution < -0.4 is 0 Å². The Balaban J connectivity index is 1.99. The Morgan fingerprint density at radius 2 is 2.00 bits per heavy atom. The number of hydrogen-bond acceptors (Lipinski definition) is 5. The number of imide groups is 1. The first-order valence-electron chi connectivity index (χ1n) is 5.89. The van der Waals surface area contributed by atoms with Crippen molar-refractivity contribution in [3.05, 3.63) is 35.9 Å². The van der Waals surface area contributed by atoms with Crippen molar-refractivity contribution in [3.63, 3.8) is 0 Å². The van der Waals surface area contributed by atoms with Crippen LogP contribution >= 0.6 is 0 Å². The third-order valence-corrected chi connectivity index (χ3v) is 2.76.